The summed E-state index contributed by atoms with van der Waals surface area (Å²) >= 11 is 0. The quantitative estimate of drug-likeness (QED) is 0.717. The second-order valence-corrected chi connectivity index (χ2v) is 11.2. The molecule has 1 unspecified atom stereocenters. The van der Waals surface area contributed by atoms with E-state index in [1.54, 1.807) is 0 Å². The standard InChI is InChI=1S/C13H24F3NOSi/c1-4-19(5-2,6-3)11-8-7-9-17(10-11)12(18)13(14,15)16/h11H,4-10H2,1-3H3. The number of likely N-dealkylation sites (tertiary alicyclic amines) is 1. The zero-order chi connectivity index (χ0) is 14.7. The van der Waals surface area contributed by atoms with E-state index in [9.17, 15) is 18.0 Å². The summed E-state index contributed by atoms with van der Waals surface area (Å²) in [5.74, 6) is -1.65. The van der Waals surface area contributed by atoms with Crippen LogP contribution >= 0.6 is 0 Å². The maximum atomic E-state index is 12.5. The molecular formula is C13H24F3NOSi. The van der Waals surface area contributed by atoms with Gasteiger partial charge < -0.3 is 4.90 Å². The van der Waals surface area contributed by atoms with Gasteiger partial charge in [0.25, 0.3) is 0 Å². The van der Waals surface area contributed by atoms with Crippen LogP contribution in [0.25, 0.3) is 0 Å². The van der Waals surface area contributed by atoms with Gasteiger partial charge in [0.05, 0.1) is 8.07 Å². The summed E-state index contributed by atoms with van der Waals surface area (Å²) in [7, 11) is -1.52. The highest BCUT2D eigenvalue weighted by molar-refractivity contribution is 6.81. The third kappa shape index (κ3) is 3.52. The minimum Gasteiger partial charge on any atom is -0.335 e. The van der Waals surface area contributed by atoms with Gasteiger partial charge in [0, 0.05) is 13.1 Å². The van der Waals surface area contributed by atoms with Crippen LogP contribution in [0.1, 0.15) is 33.6 Å². The summed E-state index contributed by atoms with van der Waals surface area (Å²) in [6, 6.07) is 3.29. The molecule has 1 aliphatic heterocycles. The van der Waals surface area contributed by atoms with Gasteiger partial charge in [0.2, 0.25) is 0 Å². The van der Waals surface area contributed by atoms with Crippen molar-refractivity contribution in [1.29, 1.82) is 0 Å². The molecule has 0 saturated carbocycles. The number of hydrogen-bond donors (Lipinski definition) is 0. The van der Waals surface area contributed by atoms with Crippen molar-refractivity contribution in [3.63, 3.8) is 0 Å². The Bertz CT molecular complexity index is 307. The molecule has 6 heteroatoms. The molecule has 1 aliphatic rings. The smallest absolute Gasteiger partial charge is 0.335 e. The molecule has 0 aromatic rings. The van der Waals surface area contributed by atoms with Gasteiger partial charge in [-0.1, -0.05) is 38.9 Å². The summed E-state index contributed by atoms with van der Waals surface area (Å²) in [6.07, 6.45) is -3.03. The van der Waals surface area contributed by atoms with Crippen molar-refractivity contribution in [3.8, 4) is 0 Å². The van der Waals surface area contributed by atoms with Gasteiger partial charge in [-0.15, -0.1) is 0 Å². The normalized spacial score (nSPS) is 21.6. The highest BCUT2D eigenvalue weighted by Crippen LogP contribution is 2.40. The van der Waals surface area contributed by atoms with Crippen LogP contribution in [-0.4, -0.2) is 38.1 Å². The zero-order valence-electron chi connectivity index (χ0n) is 12.0. The summed E-state index contributed by atoms with van der Waals surface area (Å²) in [5, 5.41) is 0. The average Bonchev–Trinajstić information content (AvgIpc) is 2.40. The molecule has 1 rings (SSSR count). The first-order valence-electron chi connectivity index (χ1n) is 7.16. The molecule has 0 bridgehead atoms. The Morgan fingerprint density at radius 1 is 1.21 bits per heavy atom. The van der Waals surface area contributed by atoms with Crippen molar-refractivity contribution in [2.75, 3.05) is 13.1 Å². The molecular weight excluding hydrogens is 271 g/mol. The molecule has 112 valence electrons. The van der Waals surface area contributed by atoms with Gasteiger partial charge in [-0.05, 0) is 18.4 Å². The fourth-order valence-electron chi connectivity index (χ4n) is 3.46. The molecule has 0 aliphatic carbocycles. The lowest BCUT2D eigenvalue weighted by Crippen LogP contribution is -2.51. The third-order valence-corrected chi connectivity index (χ3v) is 11.4. The van der Waals surface area contributed by atoms with E-state index >= 15 is 0 Å². The Balaban J connectivity index is 2.82. The number of halogens is 3. The molecule has 0 radical (unpaired) electrons. The molecule has 0 N–H and O–H groups in total. The number of alkyl halides is 3. The number of carbonyl (C=O) groups is 1. The highest BCUT2D eigenvalue weighted by Gasteiger charge is 2.46. The minimum absolute atomic E-state index is 0.260. The lowest BCUT2D eigenvalue weighted by atomic mass is 10.1. The van der Waals surface area contributed by atoms with Crippen molar-refractivity contribution < 1.29 is 18.0 Å². The van der Waals surface area contributed by atoms with Gasteiger partial charge in [-0.25, -0.2) is 0 Å². The molecule has 19 heavy (non-hydrogen) atoms. The van der Waals surface area contributed by atoms with Crippen LogP contribution in [0.2, 0.25) is 23.7 Å². The molecule has 1 fully saturated rings. The lowest BCUT2D eigenvalue weighted by molar-refractivity contribution is -0.186. The monoisotopic (exact) mass is 295 g/mol. The van der Waals surface area contributed by atoms with Crippen LogP contribution in [0.15, 0.2) is 0 Å². The number of piperidine rings is 1. The van der Waals surface area contributed by atoms with E-state index in [0.717, 1.165) is 29.5 Å². The first-order chi connectivity index (χ1) is 8.80. The van der Waals surface area contributed by atoms with E-state index in [4.69, 9.17) is 0 Å². The van der Waals surface area contributed by atoms with E-state index in [1.807, 2.05) is 0 Å². The number of amides is 1. The summed E-state index contributed by atoms with van der Waals surface area (Å²) < 4.78 is 37.6. The van der Waals surface area contributed by atoms with E-state index in [0.29, 0.717) is 18.5 Å². The summed E-state index contributed by atoms with van der Waals surface area (Å²) in [6.45, 7) is 7.05. The first-order valence-corrected chi connectivity index (χ1v) is 9.86. The summed E-state index contributed by atoms with van der Waals surface area (Å²) in [4.78, 5) is 12.4. The van der Waals surface area contributed by atoms with Crippen molar-refractivity contribution >= 4 is 14.0 Å². The molecule has 0 aromatic carbocycles. The predicted octanol–water partition coefficient (Wildman–Crippen LogP) is 4.05. The minimum atomic E-state index is -4.73. The van der Waals surface area contributed by atoms with Gasteiger partial charge in [-0.2, -0.15) is 13.2 Å². The van der Waals surface area contributed by atoms with Crippen LogP contribution in [0, 0.1) is 0 Å². The fraction of sp³-hybridized carbons (Fsp3) is 0.923. The largest absolute Gasteiger partial charge is 0.471 e. The fourth-order valence-corrected chi connectivity index (χ4v) is 8.11. The maximum Gasteiger partial charge on any atom is 0.471 e. The molecule has 1 amide bonds. The second-order valence-electron chi connectivity index (χ2n) is 5.51. The SMILES string of the molecule is CC[Si](CC)(CC)C1CCCN(C(=O)C(F)(F)F)C1. The van der Waals surface area contributed by atoms with E-state index in [1.165, 1.54) is 0 Å². The number of carbonyl (C=O) groups excluding carboxylic acids is 1. The average molecular weight is 295 g/mol. The van der Waals surface area contributed by atoms with Crippen LogP contribution in [-0.2, 0) is 4.79 Å². The number of nitrogens with zero attached hydrogens (tertiary/aromatic N) is 1. The maximum absolute atomic E-state index is 12.5. The Hall–Kier alpha value is -0.523. The predicted molar refractivity (Wildman–Crippen MR) is 72.8 cm³/mol. The van der Waals surface area contributed by atoms with Crippen molar-refractivity contribution in [3.05, 3.63) is 0 Å². The van der Waals surface area contributed by atoms with Crippen molar-refractivity contribution in [2.24, 2.45) is 0 Å². The zero-order valence-corrected chi connectivity index (χ0v) is 13.0. The molecule has 0 aromatic heterocycles. The molecule has 0 spiro atoms. The first kappa shape index (κ1) is 16.5. The van der Waals surface area contributed by atoms with Crippen molar-refractivity contribution in [1.82, 2.24) is 4.90 Å². The topological polar surface area (TPSA) is 20.3 Å². The Morgan fingerprint density at radius 2 is 1.74 bits per heavy atom. The van der Waals surface area contributed by atoms with Crippen LogP contribution < -0.4 is 0 Å². The number of rotatable bonds is 4. The van der Waals surface area contributed by atoms with Crippen molar-refractivity contribution in [2.45, 2.75) is 63.5 Å². The van der Waals surface area contributed by atoms with Gasteiger partial charge in [-0.3, -0.25) is 4.79 Å². The lowest BCUT2D eigenvalue weighted by Gasteiger charge is -2.43. The molecule has 1 heterocycles. The summed E-state index contributed by atoms with van der Waals surface area (Å²) in [5.41, 5.74) is 0.326. The van der Waals surface area contributed by atoms with E-state index < -0.39 is 20.2 Å². The van der Waals surface area contributed by atoms with Gasteiger partial charge >= 0.3 is 12.1 Å². The highest BCUT2D eigenvalue weighted by atomic mass is 28.3. The van der Waals surface area contributed by atoms with E-state index in [-0.39, 0.29) is 6.54 Å². The van der Waals surface area contributed by atoms with E-state index in [2.05, 4.69) is 20.8 Å². The van der Waals surface area contributed by atoms with Gasteiger partial charge in [0.1, 0.15) is 0 Å². The van der Waals surface area contributed by atoms with Crippen LogP contribution in [0.3, 0.4) is 0 Å². The Kier molecular flexibility index (Phi) is 5.47. The van der Waals surface area contributed by atoms with Crippen LogP contribution in [0.4, 0.5) is 13.2 Å². The number of hydrogen-bond acceptors (Lipinski definition) is 1. The van der Waals surface area contributed by atoms with Gasteiger partial charge in [0.15, 0.2) is 0 Å². The molecule has 1 saturated heterocycles. The molecule has 2 nitrogen and oxygen atoms in total. The molecule has 1 atom stereocenters. The Morgan fingerprint density at radius 3 is 2.16 bits per heavy atom. The third-order valence-electron chi connectivity index (χ3n) is 4.93. The van der Waals surface area contributed by atoms with Crippen LogP contribution in [0.5, 0.6) is 0 Å². The Labute approximate surface area is 114 Å². The second kappa shape index (κ2) is 6.28.